The average molecular weight is 792 g/mol. The second-order valence-corrected chi connectivity index (χ2v) is 15.6. The molecule has 12 aromatic rings. The van der Waals surface area contributed by atoms with E-state index >= 15 is 0 Å². The Morgan fingerprint density at radius 3 is 1.05 bits per heavy atom. The molecule has 0 atom stereocenters. The third-order valence-corrected chi connectivity index (χ3v) is 12.0. The molecule has 0 fully saturated rings. The molecule has 62 heavy (non-hydrogen) atoms. The molecule has 0 saturated carbocycles. The van der Waals surface area contributed by atoms with Crippen molar-refractivity contribution in [2.24, 2.45) is 0 Å². The Morgan fingerprint density at radius 1 is 0.258 bits per heavy atom. The van der Waals surface area contributed by atoms with E-state index < -0.39 is 0 Å². The van der Waals surface area contributed by atoms with Gasteiger partial charge in [0, 0.05) is 49.6 Å². The summed E-state index contributed by atoms with van der Waals surface area (Å²) in [5.74, 6) is 1.86. The first kappa shape index (κ1) is 35.5. The monoisotopic (exact) mass is 791 g/mol. The number of para-hydroxylation sites is 2. The highest BCUT2D eigenvalue weighted by Crippen LogP contribution is 2.42. The van der Waals surface area contributed by atoms with Crippen LogP contribution in [-0.4, -0.2) is 24.1 Å². The molecular formula is C57H37N5. The molecule has 290 valence electrons. The van der Waals surface area contributed by atoms with Gasteiger partial charge in [-0.15, -0.1) is 0 Å². The molecule has 0 N–H and O–H groups in total. The van der Waals surface area contributed by atoms with Crippen LogP contribution in [0.25, 0.3) is 111 Å². The van der Waals surface area contributed by atoms with Crippen LogP contribution in [0, 0.1) is 0 Å². The second-order valence-electron chi connectivity index (χ2n) is 15.6. The molecule has 0 aliphatic carbocycles. The molecule has 0 unspecified atom stereocenters. The van der Waals surface area contributed by atoms with Crippen LogP contribution in [-0.2, 0) is 0 Å². The SMILES string of the molecule is c1ccc(-c2ccc3c4c(-c5nc(-c6ccccc6)nc(-c6cccc7c6c6ccc(-c8ccccc8)cc6n7-c6ccccc6)n5)cccc4n(-c4ccccc4)c3c2)cc1. The maximum atomic E-state index is 5.47. The van der Waals surface area contributed by atoms with Crippen molar-refractivity contribution in [1.29, 1.82) is 0 Å². The fourth-order valence-electron chi connectivity index (χ4n) is 9.17. The average Bonchev–Trinajstić information content (AvgIpc) is 3.87. The van der Waals surface area contributed by atoms with E-state index in [-0.39, 0.29) is 0 Å². The van der Waals surface area contributed by atoms with Crippen LogP contribution >= 0.6 is 0 Å². The van der Waals surface area contributed by atoms with Gasteiger partial charge in [-0.2, -0.15) is 0 Å². The van der Waals surface area contributed by atoms with Gasteiger partial charge in [-0.1, -0.05) is 176 Å². The van der Waals surface area contributed by atoms with Crippen LogP contribution in [0.2, 0.25) is 0 Å². The van der Waals surface area contributed by atoms with Crippen LogP contribution in [0.15, 0.2) is 224 Å². The molecular weight excluding hydrogens is 755 g/mol. The fourth-order valence-corrected chi connectivity index (χ4v) is 9.17. The molecule has 0 aliphatic heterocycles. The minimum Gasteiger partial charge on any atom is -0.309 e. The summed E-state index contributed by atoms with van der Waals surface area (Å²) < 4.78 is 4.73. The van der Waals surface area contributed by atoms with Gasteiger partial charge in [0.1, 0.15) is 0 Å². The minimum absolute atomic E-state index is 0.619. The highest BCUT2D eigenvalue weighted by atomic mass is 15.0. The standard InChI is InChI=1S/C57H37N5/c1-6-18-38(19-7-1)41-32-34-45-51(36-41)61(43-24-12-4-13-25-43)49-30-16-28-47(53(45)49)56-58-55(40-22-10-3-11-23-40)59-57(60-56)48-29-17-31-50-54(48)46-35-33-42(39-20-8-2-9-21-39)37-52(46)62(50)44-26-14-5-15-27-44/h1-37H. The summed E-state index contributed by atoms with van der Waals surface area (Å²) in [4.78, 5) is 16.1. The number of hydrogen-bond acceptors (Lipinski definition) is 3. The Morgan fingerprint density at radius 2 is 0.629 bits per heavy atom. The maximum Gasteiger partial charge on any atom is 0.164 e. The van der Waals surface area contributed by atoms with Crippen molar-refractivity contribution in [3.05, 3.63) is 224 Å². The van der Waals surface area contributed by atoms with Crippen molar-refractivity contribution < 1.29 is 0 Å². The lowest BCUT2D eigenvalue weighted by molar-refractivity contribution is 1.08. The summed E-state index contributed by atoms with van der Waals surface area (Å²) >= 11 is 0. The van der Waals surface area contributed by atoms with Crippen LogP contribution in [0.1, 0.15) is 0 Å². The normalized spacial score (nSPS) is 11.5. The zero-order valence-electron chi connectivity index (χ0n) is 33.6. The van der Waals surface area contributed by atoms with Crippen LogP contribution in [0.4, 0.5) is 0 Å². The zero-order valence-corrected chi connectivity index (χ0v) is 33.6. The van der Waals surface area contributed by atoms with Gasteiger partial charge in [-0.3, -0.25) is 0 Å². The van der Waals surface area contributed by atoms with Crippen molar-refractivity contribution in [1.82, 2.24) is 24.1 Å². The van der Waals surface area contributed by atoms with E-state index in [4.69, 9.17) is 15.0 Å². The summed E-state index contributed by atoms with van der Waals surface area (Å²) in [7, 11) is 0. The Bertz CT molecular complexity index is 3380. The highest BCUT2D eigenvalue weighted by molar-refractivity contribution is 6.17. The summed E-state index contributed by atoms with van der Waals surface area (Å²) in [6.45, 7) is 0. The molecule has 3 aromatic heterocycles. The highest BCUT2D eigenvalue weighted by Gasteiger charge is 2.23. The Kier molecular flexibility index (Phi) is 8.42. The van der Waals surface area contributed by atoms with Crippen molar-refractivity contribution in [3.63, 3.8) is 0 Å². The Balaban J connectivity index is 1.14. The lowest BCUT2D eigenvalue weighted by atomic mass is 10.0. The van der Waals surface area contributed by atoms with Crippen molar-refractivity contribution >= 4 is 43.6 Å². The van der Waals surface area contributed by atoms with E-state index in [0.29, 0.717) is 17.5 Å². The predicted octanol–water partition coefficient (Wildman–Crippen LogP) is 14.4. The van der Waals surface area contributed by atoms with Crippen molar-refractivity contribution in [2.45, 2.75) is 0 Å². The van der Waals surface area contributed by atoms with Gasteiger partial charge >= 0.3 is 0 Å². The molecule has 5 nitrogen and oxygen atoms in total. The topological polar surface area (TPSA) is 48.5 Å². The van der Waals surface area contributed by atoms with Gasteiger partial charge in [0.05, 0.1) is 22.1 Å². The van der Waals surface area contributed by atoms with E-state index in [0.717, 1.165) is 82.8 Å². The van der Waals surface area contributed by atoms with Gasteiger partial charge in [0.15, 0.2) is 17.5 Å². The molecule has 0 spiro atoms. The van der Waals surface area contributed by atoms with E-state index in [1.54, 1.807) is 0 Å². The number of rotatable bonds is 7. The van der Waals surface area contributed by atoms with Crippen LogP contribution < -0.4 is 0 Å². The quantitative estimate of drug-likeness (QED) is 0.162. The molecule has 0 saturated heterocycles. The number of benzene rings is 9. The van der Waals surface area contributed by atoms with Crippen molar-refractivity contribution in [3.8, 4) is 67.8 Å². The maximum absolute atomic E-state index is 5.47. The molecule has 9 aromatic carbocycles. The number of nitrogens with zero attached hydrogens (tertiary/aromatic N) is 5. The van der Waals surface area contributed by atoms with Crippen molar-refractivity contribution in [2.75, 3.05) is 0 Å². The molecule has 5 heteroatoms. The first-order chi connectivity index (χ1) is 30.8. The predicted molar refractivity (Wildman–Crippen MR) is 256 cm³/mol. The van der Waals surface area contributed by atoms with E-state index in [1.165, 1.54) is 11.1 Å². The molecule has 0 aliphatic rings. The lowest BCUT2D eigenvalue weighted by Crippen LogP contribution is -2.01. The van der Waals surface area contributed by atoms with E-state index in [9.17, 15) is 0 Å². The van der Waals surface area contributed by atoms with E-state index in [1.807, 2.05) is 18.2 Å². The Hall–Kier alpha value is -8.41. The fraction of sp³-hybridized carbons (Fsp3) is 0. The molecule has 0 bridgehead atoms. The van der Waals surface area contributed by atoms with Crippen LogP contribution in [0.3, 0.4) is 0 Å². The third-order valence-electron chi connectivity index (χ3n) is 12.0. The van der Waals surface area contributed by atoms with Crippen LogP contribution in [0.5, 0.6) is 0 Å². The van der Waals surface area contributed by atoms with Gasteiger partial charge in [0.2, 0.25) is 0 Å². The second kappa shape index (κ2) is 14.7. The van der Waals surface area contributed by atoms with Gasteiger partial charge in [-0.25, -0.2) is 15.0 Å². The smallest absolute Gasteiger partial charge is 0.164 e. The number of aromatic nitrogens is 5. The van der Waals surface area contributed by atoms with Gasteiger partial charge in [-0.05, 0) is 70.8 Å². The first-order valence-corrected chi connectivity index (χ1v) is 21.0. The molecule has 12 rings (SSSR count). The third kappa shape index (κ3) is 5.90. The first-order valence-electron chi connectivity index (χ1n) is 21.0. The lowest BCUT2D eigenvalue weighted by Gasteiger charge is -2.11. The summed E-state index contributed by atoms with van der Waals surface area (Å²) in [6.07, 6.45) is 0. The minimum atomic E-state index is 0.619. The van der Waals surface area contributed by atoms with E-state index in [2.05, 4.69) is 215 Å². The molecule has 3 heterocycles. The Labute approximate surface area is 358 Å². The number of hydrogen-bond donors (Lipinski definition) is 0. The zero-order chi connectivity index (χ0) is 41.0. The summed E-state index contributed by atoms with van der Waals surface area (Å²) in [5, 5.41) is 4.44. The largest absolute Gasteiger partial charge is 0.309 e. The van der Waals surface area contributed by atoms with Gasteiger partial charge < -0.3 is 9.13 Å². The summed E-state index contributed by atoms with van der Waals surface area (Å²) in [5.41, 5.74) is 14.1. The molecule has 0 radical (unpaired) electrons. The number of fused-ring (bicyclic) bond motifs is 6. The van der Waals surface area contributed by atoms with Gasteiger partial charge in [0.25, 0.3) is 0 Å². The molecule has 0 amide bonds. The summed E-state index contributed by atoms with van der Waals surface area (Å²) in [6, 6.07) is 79.2.